The van der Waals surface area contributed by atoms with Gasteiger partial charge in [-0.2, -0.15) is 5.10 Å². The second-order valence-corrected chi connectivity index (χ2v) is 7.26. The van der Waals surface area contributed by atoms with E-state index in [4.69, 9.17) is 27.9 Å². The molecule has 3 aromatic carbocycles. The number of fused-ring (bicyclic) bond motifs is 1. The van der Waals surface area contributed by atoms with Gasteiger partial charge in [-0.05, 0) is 47.5 Å². The summed E-state index contributed by atoms with van der Waals surface area (Å²) < 4.78 is 6.58. The van der Waals surface area contributed by atoms with Crippen molar-refractivity contribution in [3.05, 3.63) is 109 Å². The van der Waals surface area contributed by atoms with Crippen molar-refractivity contribution in [3.63, 3.8) is 0 Å². The largest absolute Gasteiger partial charge is 0.489 e. The van der Waals surface area contributed by atoms with Gasteiger partial charge in [-0.1, -0.05) is 53.5 Å². The Morgan fingerprint density at radius 2 is 1.80 bits per heavy atom. The highest BCUT2D eigenvalue weighted by atomic mass is 35.5. The number of hydrogen-bond donors (Lipinski definition) is 1. The van der Waals surface area contributed by atoms with Crippen LogP contribution in [0.25, 0.3) is 10.9 Å². The molecule has 0 amide bonds. The van der Waals surface area contributed by atoms with Crippen molar-refractivity contribution < 1.29 is 4.74 Å². The third-order valence-electron chi connectivity index (χ3n) is 4.35. The monoisotopic (exact) mass is 439 g/mol. The average molecular weight is 440 g/mol. The first-order valence-corrected chi connectivity index (χ1v) is 9.72. The van der Waals surface area contributed by atoms with Crippen molar-refractivity contribution in [2.75, 3.05) is 0 Å². The van der Waals surface area contributed by atoms with Gasteiger partial charge in [0.1, 0.15) is 12.4 Å². The molecule has 0 bridgehead atoms. The Labute approximate surface area is 181 Å². The number of nitrogens with zero attached hydrogens (tertiary/aromatic N) is 2. The van der Waals surface area contributed by atoms with Crippen molar-refractivity contribution in [3.8, 4) is 5.75 Å². The van der Waals surface area contributed by atoms with Crippen LogP contribution >= 0.6 is 23.2 Å². The molecule has 0 aliphatic carbocycles. The van der Waals surface area contributed by atoms with Crippen LogP contribution in [-0.2, 0) is 6.61 Å². The van der Waals surface area contributed by atoms with Crippen LogP contribution in [0.15, 0.2) is 81.4 Å². The lowest BCUT2D eigenvalue weighted by molar-refractivity contribution is 0.306. The summed E-state index contributed by atoms with van der Waals surface area (Å²) in [4.78, 5) is 27.4. The predicted octanol–water partition coefficient (Wildman–Crippen LogP) is 4.46. The number of halogens is 2. The van der Waals surface area contributed by atoms with Crippen LogP contribution in [0.3, 0.4) is 0 Å². The van der Waals surface area contributed by atoms with Crippen molar-refractivity contribution in [2.24, 2.45) is 5.10 Å². The molecule has 150 valence electrons. The van der Waals surface area contributed by atoms with Gasteiger partial charge in [0.05, 0.1) is 27.2 Å². The molecule has 4 aromatic rings. The van der Waals surface area contributed by atoms with Gasteiger partial charge in [0.2, 0.25) is 0 Å². The number of hydrogen-bond acceptors (Lipinski definition) is 4. The molecule has 0 atom stereocenters. The molecule has 1 aromatic heterocycles. The van der Waals surface area contributed by atoms with Crippen molar-refractivity contribution >= 4 is 40.3 Å². The molecule has 1 heterocycles. The van der Waals surface area contributed by atoms with Crippen LogP contribution in [0.5, 0.6) is 5.75 Å². The third kappa shape index (κ3) is 4.30. The van der Waals surface area contributed by atoms with E-state index >= 15 is 0 Å². The number of aromatic nitrogens is 2. The van der Waals surface area contributed by atoms with E-state index in [2.05, 4.69) is 10.1 Å². The summed E-state index contributed by atoms with van der Waals surface area (Å²) in [6.45, 7) is 0.307. The zero-order valence-corrected chi connectivity index (χ0v) is 17.0. The average Bonchev–Trinajstić information content (AvgIpc) is 2.75. The lowest BCUT2D eigenvalue weighted by atomic mass is 10.2. The lowest BCUT2D eigenvalue weighted by Crippen LogP contribution is -2.32. The van der Waals surface area contributed by atoms with Crippen LogP contribution in [-0.4, -0.2) is 15.9 Å². The normalized spacial score (nSPS) is 11.3. The Hall–Kier alpha value is -3.35. The van der Waals surface area contributed by atoms with E-state index in [1.807, 2.05) is 6.07 Å². The van der Waals surface area contributed by atoms with E-state index in [-0.39, 0.29) is 0 Å². The summed E-state index contributed by atoms with van der Waals surface area (Å²) in [5.41, 5.74) is 0.912. The van der Waals surface area contributed by atoms with Gasteiger partial charge < -0.3 is 9.72 Å². The molecule has 0 aliphatic heterocycles. The number of benzene rings is 3. The highest BCUT2D eigenvalue weighted by molar-refractivity contribution is 6.42. The topological polar surface area (TPSA) is 76.5 Å². The highest BCUT2D eigenvalue weighted by Crippen LogP contribution is 2.23. The zero-order valence-electron chi connectivity index (χ0n) is 15.5. The Kier molecular flexibility index (Phi) is 5.70. The van der Waals surface area contributed by atoms with Gasteiger partial charge >= 0.3 is 5.69 Å². The maximum absolute atomic E-state index is 12.5. The summed E-state index contributed by atoms with van der Waals surface area (Å²) in [5.74, 6) is 0.602. The fourth-order valence-corrected chi connectivity index (χ4v) is 3.18. The molecule has 1 N–H and O–H groups in total. The molecular formula is C22H15Cl2N3O3. The number of para-hydroxylation sites is 1. The van der Waals surface area contributed by atoms with Gasteiger partial charge in [0.25, 0.3) is 5.56 Å². The minimum Gasteiger partial charge on any atom is -0.489 e. The minimum absolute atomic E-state index is 0.307. The summed E-state index contributed by atoms with van der Waals surface area (Å²) in [6, 6.07) is 19.2. The smallest absolute Gasteiger partial charge is 0.349 e. The zero-order chi connectivity index (χ0) is 21.1. The van der Waals surface area contributed by atoms with Crippen LogP contribution in [0.2, 0.25) is 10.0 Å². The fourth-order valence-electron chi connectivity index (χ4n) is 2.86. The van der Waals surface area contributed by atoms with Gasteiger partial charge in [0, 0.05) is 0 Å². The number of ether oxygens (including phenoxy) is 1. The second-order valence-electron chi connectivity index (χ2n) is 6.45. The van der Waals surface area contributed by atoms with Gasteiger partial charge in [0.15, 0.2) is 0 Å². The van der Waals surface area contributed by atoms with Crippen molar-refractivity contribution in [1.29, 1.82) is 0 Å². The van der Waals surface area contributed by atoms with E-state index in [1.54, 1.807) is 60.7 Å². The maximum Gasteiger partial charge on any atom is 0.349 e. The van der Waals surface area contributed by atoms with Crippen LogP contribution in [0, 0.1) is 0 Å². The molecule has 0 spiro atoms. The molecule has 8 heteroatoms. The number of aromatic amines is 1. The number of H-pyrrole nitrogens is 1. The highest BCUT2D eigenvalue weighted by Gasteiger charge is 2.06. The first-order valence-electron chi connectivity index (χ1n) is 8.96. The Morgan fingerprint density at radius 3 is 2.63 bits per heavy atom. The number of nitrogens with one attached hydrogen (secondary N) is 1. The maximum atomic E-state index is 12.5. The molecule has 6 nitrogen and oxygen atoms in total. The predicted molar refractivity (Wildman–Crippen MR) is 119 cm³/mol. The SMILES string of the molecule is O=c1[nH]c2ccccc2c(=O)n1N=Cc1cccc(OCc2ccc(Cl)c(Cl)c2)c1. The molecule has 0 fully saturated rings. The Bertz CT molecular complexity index is 1380. The Balaban J connectivity index is 1.55. The van der Waals surface area contributed by atoms with Gasteiger partial charge in [-0.25, -0.2) is 4.79 Å². The van der Waals surface area contributed by atoms with E-state index in [1.165, 1.54) is 6.21 Å². The molecule has 30 heavy (non-hydrogen) atoms. The molecule has 0 aliphatic rings. The number of rotatable bonds is 5. The van der Waals surface area contributed by atoms with Crippen LogP contribution < -0.4 is 16.0 Å². The summed E-state index contributed by atoms with van der Waals surface area (Å²) in [5, 5.41) is 5.38. The summed E-state index contributed by atoms with van der Waals surface area (Å²) >= 11 is 11.9. The van der Waals surface area contributed by atoms with Crippen molar-refractivity contribution in [1.82, 2.24) is 9.66 Å². The molecule has 4 rings (SSSR count). The minimum atomic E-state index is -0.609. The summed E-state index contributed by atoms with van der Waals surface area (Å²) in [7, 11) is 0. The lowest BCUT2D eigenvalue weighted by Gasteiger charge is -2.08. The fraction of sp³-hybridized carbons (Fsp3) is 0.0455. The quantitative estimate of drug-likeness (QED) is 0.466. The van der Waals surface area contributed by atoms with E-state index in [0.717, 1.165) is 10.2 Å². The molecule has 0 saturated carbocycles. The van der Waals surface area contributed by atoms with Gasteiger partial charge in [-0.3, -0.25) is 4.79 Å². The Morgan fingerprint density at radius 1 is 0.967 bits per heavy atom. The van der Waals surface area contributed by atoms with E-state index in [0.29, 0.717) is 38.9 Å². The molecular weight excluding hydrogens is 425 g/mol. The van der Waals surface area contributed by atoms with E-state index < -0.39 is 11.2 Å². The first-order chi connectivity index (χ1) is 14.5. The van der Waals surface area contributed by atoms with Crippen LogP contribution in [0.1, 0.15) is 11.1 Å². The summed E-state index contributed by atoms with van der Waals surface area (Å²) in [6.07, 6.45) is 1.43. The second kappa shape index (κ2) is 8.57. The first kappa shape index (κ1) is 19.9. The third-order valence-corrected chi connectivity index (χ3v) is 5.09. The molecule has 0 saturated heterocycles. The molecule has 0 radical (unpaired) electrons. The van der Waals surface area contributed by atoms with E-state index in [9.17, 15) is 9.59 Å². The molecule has 0 unspecified atom stereocenters. The standard InChI is InChI=1S/C22H15Cl2N3O3/c23-18-9-8-15(11-19(18)24)13-30-16-5-3-4-14(10-16)12-25-27-21(28)17-6-1-2-7-20(17)26-22(27)29/h1-12H,13H2,(H,26,29). The van der Waals surface area contributed by atoms with Gasteiger partial charge in [-0.15, -0.1) is 4.68 Å². The van der Waals surface area contributed by atoms with Crippen molar-refractivity contribution in [2.45, 2.75) is 6.61 Å². The van der Waals surface area contributed by atoms with Crippen LogP contribution in [0.4, 0.5) is 0 Å².